The molecule has 4 aromatic carbocycles. The van der Waals surface area contributed by atoms with Crippen molar-refractivity contribution in [2.24, 2.45) is 5.92 Å². The third kappa shape index (κ3) is 9.69. The summed E-state index contributed by atoms with van der Waals surface area (Å²) in [5.74, 6) is -0.592. The highest BCUT2D eigenvalue weighted by Crippen LogP contribution is 2.27. The monoisotopic (exact) mass is 608 g/mol. The van der Waals surface area contributed by atoms with Crippen molar-refractivity contribution in [2.75, 3.05) is 23.4 Å². The molecule has 1 atom stereocenters. The average Bonchev–Trinajstić information content (AvgIpc) is 3.05. The number of amides is 1. The summed E-state index contributed by atoms with van der Waals surface area (Å²) in [5.41, 5.74) is 3.82. The molecule has 8 nitrogen and oxygen atoms in total. The summed E-state index contributed by atoms with van der Waals surface area (Å²) in [6, 6.07) is 30.0. The van der Waals surface area contributed by atoms with E-state index in [0.29, 0.717) is 49.4 Å². The Morgan fingerprint density at radius 3 is 2.18 bits per heavy atom. The molecule has 0 heterocycles. The smallest absolute Gasteiger partial charge is 0.343 e. The van der Waals surface area contributed by atoms with Gasteiger partial charge in [0.1, 0.15) is 11.8 Å². The topological polar surface area (TPSA) is 105 Å². The summed E-state index contributed by atoms with van der Waals surface area (Å²) in [5, 5.41) is 12.9. The third-order valence-corrected chi connectivity index (χ3v) is 7.27. The summed E-state index contributed by atoms with van der Waals surface area (Å²) >= 11 is 0. The van der Waals surface area contributed by atoms with Gasteiger partial charge in [0.05, 0.1) is 17.9 Å². The van der Waals surface area contributed by atoms with Crippen molar-refractivity contribution in [3.8, 4) is 11.5 Å². The summed E-state index contributed by atoms with van der Waals surface area (Å²) in [6.45, 7) is 6.83. The molecule has 0 aliphatic carbocycles. The van der Waals surface area contributed by atoms with E-state index in [1.54, 1.807) is 48.5 Å². The van der Waals surface area contributed by atoms with Gasteiger partial charge in [-0.2, -0.15) is 0 Å². The Kier molecular flexibility index (Phi) is 11.7. The molecule has 0 saturated heterocycles. The zero-order valence-electron chi connectivity index (χ0n) is 25.9. The van der Waals surface area contributed by atoms with E-state index in [2.05, 4.69) is 5.32 Å². The molecule has 1 amide bonds. The van der Waals surface area contributed by atoms with E-state index in [-0.39, 0.29) is 17.6 Å². The fraction of sp³-hybridized carbons (Fsp3) is 0.270. The fourth-order valence-corrected chi connectivity index (χ4v) is 4.73. The zero-order chi connectivity index (χ0) is 32.2. The van der Waals surface area contributed by atoms with Crippen LogP contribution < -0.4 is 19.7 Å². The molecule has 0 radical (unpaired) electrons. The summed E-state index contributed by atoms with van der Waals surface area (Å²) in [6.07, 6.45) is 1.50. The van der Waals surface area contributed by atoms with E-state index in [1.807, 2.05) is 80.3 Å². The molecule has 4 rings (SSSR count). The van der Waals surface area contributed by atoms with Crippen molar-refractivity contribution in [1.82, 2.24) is 0 Å². The van der Waals surface area contributed by atoms with E-state index in [4.69, 9.17) is 9.47 Å². The van der Waals surface area contributed by atoms with Crippen molar-refractivity contribution >= 4 is 29.2 Å². The lowest BCUT2D eigenvalue weighted by molar-refractivity contribution is -0.138. The highest BCUT2D eigenvalue weighted by atomic mass is 16.5. The van der Waals surface area contributed by atoms with Crippen molar-refractivity contribution < 1.29 is 29.0 Å². The van der Waals surface area contributed by atoms with Crippen LogP contribution in [-0.2, 0) is 16.0 Å². The number of nitrogens with zero attached hydrogens (tertiary/aromatic N) is 1. The number of ether oxygens (including phenoxy) is 2. The van der Waals surface area contributed by atoms with Gasteiger partial charge in [-0.05, 0) is 80.3 Å². The predicted octanol–water partition coefficient (Wildman–Crippen LogP) is 7.17. The Labute approximate surface area is 264 Å². The molecule has 2 N–H and O–H groups in total. The molecule has 0 fully saturated rings. The fourth-order valence-electron chi connectivity index (χ4n) is 4.73. The second-order valence-corrected chi connectivity index (χ2v) is 11.2. The third-order valence-electron chi connectivity index (χ3n) is 7.27. The number of esters is 1. The maximum Gasteiger partial charge on any atom is 0.343 e. The van der Waals surface area contributed by atoms with Gasteiger partial charge in [-0.3, -0.25) is 4.79 Å². The summed E-state index contributed by atoms with van der Waals surface area (Å²) < 4.78 is 11.5. The van der Waals surface area contributed by atoms with Gasteiger partial charge in [0.15, 0.2) is 5.75 Å². The standard InChI is InChI=1S/C37H40N2O6/c1-26(2)35(40)39(30-19-14-27(3)15-20-30)24-9-25-44-31-21-16-28(17-22-31)18-23-33(36(41)42)38-32-12-7-8-13-34(32)45-37(43)29-10-5-4-6-11-29/h4-8,10-17,19-22,26,33,38H,9,18,23-25H2,1-3H3,(H,41,42). The number of para-hydroxylation sites is 2. The number of rotatable bonds is 15. The predicted molar refractivity (Wildman–Crippen MR) is 176 cm³/mol. The van der Waals surface area contributed by atoms with Crippen molar-refractivity contribution in [3.05, 3.63) is 120 Å². The van der Waals surface area contributed by atoms with E-state index < -0.39 is 18.0 Å². The first-order chi connectivity index (χ1) is 21.7. The van der Waals surface area contributed by atoms with Crippen LogP contribution in [0.25, 0.3) is 0 Å². The van der Waals surface area contributed by atoms with Gasteiger partial charge < -0.3 is 24.8 Å². The first-order valence-electron chi connectivity index (χ1n) is 15.2. The van der Waals surface area contributed by atoms with E-state index in [9.17, 15) is 19.5 Å². The molecule has 234 valence electrons. The minimum absolute atomic E-state index is 0.0778. The highest BCUT2D eigenvalue weighted by Gasteiger charge is 2.21. The first-order valence-corrected chi connectivity index (χ1v) is 15.2. The normalized spacial score (nSPS) is 11.5. The maximum atomic E-state index is 12.8. The van der Waals surface area contributed by atoms with Gasteiger partial charge >= 0.3 is 11.9 Å². The number of carbonyl (C=O) groups excluding carboxylic acids is 2. The van der Waals surface area contributed by atoms with E-state index >= 15 is 0 Å². The van der Waals surface area contributed by atoms with Crippen LogP contribution in [0, 0.1) is 12.8 Å². The number of nitrogens with one attached hydrogen (secondary N) is 1. The highest BCUT2D eigenvalue weighted by molar-refractivity contribution is 5.94. The van der Waals surface area contributed by atoms with Crippen molar-refractivity contribution in [2.45, 2.75) is 46.1 Å². The molecule has 4 aromatic rings. The second kappa shape index (κ2) is 16.1. The van der Waals surface area contributed by atoms with Crippen molar-refractivity contribution in [1.29, 1.82) is 0 Å². The maximum absolute atomic E-state index is 12.8. The SMILES string of the molecule is Cc1ccc(N(CCCOc2ccc(CCC(Nc3ccccc3OC(=O)c3ccccc3)C(=O)O)cc2)C(=O)C(C)C)cc1. The van der Waals surface area contributed by atoms with Crippen LogP contribution >= 0.6 is 0 Å². The van der Waals surface area contributed by atoms with Gasteiger partial charge in [0.2, 0.25) is 5.91 Å². The van der Waals surface area contributed by atoms with Crippen LogP contribution in [0.3, 0.4) is 0 Å². The molecule has 45 heavy (non-hydrogen) atoms. The number of aliphatic carboxylic acids is 1. The van der Waals surface area contributed by atoms with Gasteiger partial charge in [-0.1, -0.05) is 74.0 Å². The largest absolute Gasteiger partial charge is 0.494 e. The number of hydrogen-bond acceptors (Lipinski definition) is 6. The Bertz CT molecular complexity index is 1550. The van der Waals surface area contributed by atoms with Gasteiger partial charge in [-0.15, -0.1) is 0 Å². The molecule has 8 heteroatoms. The lowest BCUT2D eigenvalue weighted by Crippen LogP contribution is -2.35. The van der Waals surface area contributed by atoms with Crippen LogP contribution in [0.15, 0.2) is 103 Å². The molecule has 0 aliphatic rings. The molecule has 0 bridgehead atoms. The number of hydrogen-bond donors (Lipinski definition) is 2. The van der Waals surface area contributed by atoms with Gasteiger partial charge in [0, 0.05) is 18.2 Å². The zero-order valence-corrected chi connectivity index (χ0v) is 25.9. The number of anilines is 2. The van der Waals surface area contributed by atoms with Crippen LogP contribution in [0.4, 0.5) is 11.4 Å². The lowest BCUT2D eigenvalue weighted by atomic mass is 10.0. The quantitative estimate of drug-likeness (QED) is 0.0837. The number of carboxylic acids is 1. The Hall–Kier alpha value is -5.11. The molecular weight excluding hydrogens is 568 g/mol. The van der Waals surface area contributed by atoms with Gasteiger partial charge in [0.25, 0.3) is 0 Å². The number of carboxylic acid groups (broad SMARTS) is 1. The molecule has 0 aromatic heterocycles. The van der Waals surface area contributed by atoms with Crippen LogP contribution in [0.5, 0.6) is 11.5 Å². The molecule has 0 spiro atoms. The lowest BCUT2D eigenvalue weighted by Gasteiger charge is -2.25. The average molecular weight is 609 g/mol. The molecular formula is C37H40N2O6. The summed E-state index contributed by atoms with van der Waals surface area (Å²) in [7, 11) is 0. The molecule has 0 aliphatic heterocycles. The minimum Gasteiger partial charge on any atom is -0.494 e. The summed E-state index contributed by atoms with van der Waals surface area (Å²) in [4.78, 5) is 39.3. The van der Waals surface area contributed by atoms with Crippen LogP contribution in [-0.4, -0.2) is 42.1 Å². The number of aryl methyl sites for hydroxylation is 2. The number of carbonyl (C=O) groups is 3. The minimum atomic E-state index is -1.00. The van der Waals surface area contributed by atoms with Crippen LogP contribution in [0.2, 0.25) is 0 Å². The van der Waals surface area contributed by atoms with Crippen LogP contribution in [0.1, 0.15) is 48.2 Å². The Balaban J connectivity index is 1.28. The Morgan fingerprint density at radius 2 is 1.51 bits per heavy atom. The molecule has 1 unspecified atom stereocenters. The second-order valence-electron chi connectivity index (χ2n) is 11.2. The van der Waals surface area contributed by atoms with Gasteiger partial charge in [-0.25, -0.2) is 9.59 Å². The van der Waals surface area contributed by atoms with E-state index in [0.717, 1.165) is 16.8 Å². The first kappa shape index (κ1) is 32.8. The number of benzene rings is 4. The Morgan fingerprint density at radius 1 is 0.844 bits per heavy atom. The van der Waals surface area contributed by atoms with Crippen molar-refractivity contribution in [3.63, 3.8) is 0 Å². The molecule has 0 saturated carbocycles. The van der Waals surface area contributed by atoms with E-state index in [1.165, 1.54) is 0 Å².